The summed E-state index contributed by atoms with van der Waals surface area (Å²) in [4.78, 5) is 25.8. The highest BCUT2D eigenvalue weighted by atomic mass is 16.6. The van der Waals surface area contributed by atoms with Gasteiger partial charge in [0.2, 0.25) is 5.56 Å². The number of amides is 1. The molecule has 182 valence electrons. The summed E-state index contributed by atoms with van der Waals surface area (Å²) in [5.41, 5.74) is 2.45. The minimum absolute atomic E-state index is 0.0425. The Labute approximate surface area is 207 Å². The lowest BCUT2D eigenvalue weighted by Crippen LogP contribution is -2.44. The number of rotatable bonds is 5. The standard InChI is InChI=1S/C23H27N3O3.C6H6/c1-16(26-12-11-20(29-22(26)28)13-23(2,3)15-24)17-5-7-18(8-6-17)19-9-10-21(27)25(4)14-19;1-2-4-6-5-3-1/h5-10,14,16,20H,11-13H2,1-4H3;1-6H. The lowest BCUT2D eigenvalue weighted by atomic mass is 9.87. The summed E-state index contributed by atoms with van der Waals surface area (Å²) in [5, 5.41) is 9.20. The molecular weight excluding hydrogens is 438 g/mol. The van der Waals surface area contributed by atoms with Gasteiger partial charge in [-0.2, -0.15) is 5.26 Å². The molecule has 1 saturated heterocycles. The summed E-state index contributed by atoms with van der Waals surface area (Å²) in [7, 11) is 1.73. The van der Waals surface area contributed by atoms with Gasteiger partial charge in [-0.05, 0) is 43.5 Å². The third kappa shape index (κ3) is 7.07. The average Bonchev–Trinajstić information content (AvgIpc) is 2.87. The molecule has 2 unspecified atom stereocenters. The number of cyclic esters (lactones) is 1. The van der Waals surface area contributed by atoms with Crippen LogP contribution in [0.4, 0.5) is 4.79 Å². The summed E-state index contributed by atoms with van der Waals surface area (Å²) < 4.78 is 7.16. The Morgan fingerprint density at radius 2 is 1.57 bits per heavy atom. The van der Waals surface area contributed by atoms with Crippen LogP contribution in [0.15, 0.2) is 83.8 Å². The van der Waals surface area contributed by atoms with E-state index >= 15 is 0 Å². The van der Waals surface area contributed by atoms with Gasteiger partial charge in [-0.1, -0.05) is 60.7 Å². The van der Waals surface area contributed by atoms with Crippen molar-refractivity contribution < 1.29 is 9.53 Å². The van der Waals surface area contributed by atoms with E-state index in [2.05, 4.69) is 6.07 Å². The van der Waals surface area contributed by atoms with E-state index in [-0.39, 0.29) is 23.8 Å². The zero-order chi connectivity index (χ0) is 25.4. The summed E-state index contributed by atoms with van der Waals surface area (Å²) in [6.07, 6.45) is 2.53. The van der Waals surface area contributed by atoms with Crippen LogP contribution in [0, 0.1) is 16.7 Å². The Kier molecular flexibility index (Phi) is 8.48. The second-order valence-corrected chi connectivity index (χ2v) is 9.51. The molecule has 2 heterocycles. The lowest BCUT2D eigenvalue weighted by molar-refractivity contribution is 0.000797. The average molecular weight is 472 g/mol. The first kappa shape index (κ1) is 25.8. The van der Waals surface area contributed by atoms with Crippen molar-refractivity contribution in [3.05, 3.63) is 94.9 Å². The van der Waals surface area contributed by atoms with Crippen molar-refractivity contribution in [1.82, 2.24) is 9.47 Å². The summed E-state index contributed by atoms with van der Waals surface area (Å²) in [5.74, 6) is 0. The molecule has 2 aromatic carbocycles. The number of benzene rings is 2. The monoisotopic (exact) mass is 471 g/mol. The normalized spacial score (nSPS) is 16.4. The molecule has 35 heavy (non-hydrogen) atoms. The smallest absolute Gasteiger partial charge is 0.410 e. The van der Waals surface area contributed by atoms with Crippen LogP contribution in [0.1, 0.15) is 45.2 Å². The zero-order valence-corrected chi connectivity index (χ0v) is 20.8. The largest absolute Gasteiger partial charge is 0.446 e. The van der Waals surface area contributed by atoms with Crippen LogP contribution in [-0.2, 0) is 11.8 Å². The molecule has 0 spiro atoms. The quantitative estimate of drug-likeness (QED) is 0.461. The maximum atomic E-state index is 12.5. The van der Waals surface area contributed by atoms with Crippen LogP contribution in [0.3, 0.4) is 0 Å². The van der Waals surface area contributed by atoms with E-state index in [1.807, 2.05) is 93.7 Å². The van der Waals surface area contributed by atoms with Crippen LogP contribution < -0.4 is 5.56 Å². The van der Waals surface area contributed by atoms with E-state index < -0.39 is 5.41 Å². The Hall–Kier alpha value is -3.85. The van der Waals surface area contributed by atoms with Crippen LogP contribution in [0.25, 0.3) is 11.1 Å². The van der Waals surface area contributed by atoms with Gasteiger partial charge >= 0.3 is 6.09 Å². The second-order valence-electron chi connectivity index (χ2n) is 9.51. The van der Waals surface area contributed by atoms with E-state index in [1.54, 1.807) is 22.6 Å². The van der Waals surface area contributed by atoms with Gasteiger partial charge in [0, 0.05) is 38.7 Å². The fourth-order valence-electron chi connectivity index (χ4n) is 4.04. The number of ether oxygens (including phenoxy) is 1. The van der Waals surface area contributed by atoms with Crippen molar-refractivity contribution in [2.75, 3.05) is 6.54 Å². The first-order valence-electron chi connectivity index (χ1n) is 11.9. The predicted molar refractivity (Wildman–Crippen MR) is 138 cm³/mol. The molecule has 2 atom stereocenters. The number of pyridine rings is 1. The van der Waals surface area contributed by atoms with Crippen LogP contribution in [0.5, 0.6) is 0 Å². The molecule has 0 saturated carbocycles. The maximum absolute atomic E-state index is 12.5. The molecule has 0 N–H and O–H groups in total. The van der Waals surface area contributed by atoms with Gasteiger partial charge in [-0.3, -0.25) is 4.79 Å². The maximum Gasteiger partial charge on any atom is 0.410 e. The van der Waals surface area contributed by atoms with Crippen molar-refractivity contribution in [3.63, 3.8) is 0 Å². The molecule has 0 bridgehead atoms. The number of aryl methyl sites for hydroxylation is 1. The molecule has 6 nitrogen and oxygen atoms in total. The van der Waals surface area contributed by atoms with Gasteiger partial charge in [0.05, 0.1) is 17.5 Å². The van der Waals surface area contributed by atoms with Crippen molar-refractivity contribution >= 4 is 6.09 Å². The highest BCUT2D eigenvalue weighted by Gasteiger charge is 2.34. The molecule has 6 heteroatoms. The van der Waals surface area contributed by atoms with Gasteiger partial charge in [0.1, 0.15) is 6.10 Å². The first-order chi connectivity index (χ1) is 16.7. The zero-order valence-electron chi connectivity index (χ0n) is 20.8. The highest BCUT2D eigenvalue weighted by Crippen LogP contribution is 2.31. The molecular formula is C29H33N3O3. The van der Waals surface area contributed by atoms with Gasteiger partial charge in [0.15, 0.2) is 0 Å². The van der Waals surface area contributed by atoms with Gasteiger partial charge in [-0.25, -0.2) is 4.79 Å². The van der Waals surface area contributed by atoms with Crippen molar-refractivity contribution in [1.29, 1.82) is 5.26 Å². The second kappa shape index (κ2) is 11.5. The lowest BCUT2D eigenvalue weighted by Gasteiger charge is -2.37. The third-order valence-corrected chi connectivity index (χ3v) is 6.18. The number of nitrogens with zero attached hydrogens (tertiary/aromatic N) is 3. The van der Waals surface area contributed by atoms with Crippen molar-refractivity contribution in [2.24, 2.45) is 12.5 Å². The molecule has 1 fully saturated rings. The molecule has 1 aromatic heterocycles. The Balaban J connectivity index is 0.000000497. The van der Waals surface area contributed by atoms with Gasteiger partial charge in [-0.15, -0.1) is 0 Å². The molecule has 1 aliphatic heterocycles. The van der Waals surface area contributed by atoms with Crippen molar-refractivity contribution in [3.8, 4) is 17.2 Å². The van der Waals surface area contributed by atoms with Crippen LogP contribution in [-0.4, -0.2) is 28.2 Å². The predicted octanol–water partition coefficient (Wildman–Crippen LogP) is 5.95. The van der Waals surface area contributed by atoms with E-state index in [0.717, 1.165) is 23.1 Å². The van der Waals surface area contributed by atoms with Gasteiger partial charge in [0.25, 0.3) is 0 Å². The fourth-order valence-corrected chi connectivity index (χ4v) is 4.04. The molecule has 4 rings (SSSR count). The Morgan fingerprint density at radius 3 is 2.09 bits per heavy atom. The number of carbonyl (C=O) groups excluding carboxylic acids is 1. The van der Waals surface area contributed by atoms with Gasteiger partial charge < -0.3 is 14.2 Å². The fraction of sp³-hybridized carbons (Fsp3) is 0.345. The van der Waals surface area contributed by atoms with Crippen LogP contribution in [0.2, 0.25) is 0 Å². The van der Waals surface area contributed by atoms with Crippen LogP contribution >= 0.6 is 0 Å². The van der Waals surface area contributed by atoms with E-state index in [4.69, 9.17) is 4.74 Å². The first-order valence-corrected chi connectivity index (χ1v) is 11.9. The summed E-state index contributed by atoms with van der Waals surface area (Å²) >= 11 is 0. The molecule has 0 aliphatic carbocycles. The summed E-state index contributed by atoms with van der Waals surface area (Å²) in [6.45, 7) is 6.32. The minimum atomic E-state index is -0.504. The van der Waals surface area contributed by atoms with E-state index in [1.165, 1.54) is 0 Å². The molecule has 0 radical (unpaired) electrons. The minimum Gasteiger partial charge on any atom is -0.446 e. The topological polar surface area (TPSA) is 75.3 Å². The highest BCUT2D eigenvalue weighted by molar-refractivity contribution is 5.69. The third-order valence-electron chi connectivity index (χ3n) is 6.18. The Bertz CT molecular complexity index is 1180. The number of hydrogen-bond acceptors (Lipinski definition) is 4. The van der Waals surface area contributed by atoms with E-state index in [0.29, 0.717) is 13.0 Å². The number of aromatic nitrogens is 1. The number of nitriles is 1. The number of hydrogen-bond donors (Lipinski definition) is 0. The SMILES string of the molecule is CC(c1ccc(-c2ccc(=O)n(C)c2)cc1)N1CCC(CC(C)(C)C#N)OC1=O.c1ccccc1. The summed E-state index contributed by atoms with van der Waals surface area (Å²) in [6, 6.07) is 25.5. The molecule has 1 amide bonds. The van der Waals surface area contributed by atoms with E-state index in [9.17, 15) is 14.9 Å². The number of carbonyl (C=O) groups is 1. The van der Waals surface area contributed by atoms with Crippen molar-refractivity contribution in [2.45, 2.75) is 45.8 Å². The molecule has 1 aliphatic rings. The molecule has 3 aromatic rings. The Morgan fingerprint density at radius 1 is 1.00 bits per heavy atom.